The number of oxazole rings is 1. The fourth-order valence-electron chi connectivity index (χ4n) is 2.25. The number of rotatable bonds is 7. The van der Waals surface area contributed by atoms with Crippen LogP contribution in [-0.4, -0.2) is 34.1 Å². The van der Waals surface area contributed by atoms with Gasteiger partial charge in [0.2, 0.25) is 5.89 Å². The molecule has 2 heterocycles. The summed E-state index contributed by atoms with van der Waals surface area (Å²) >= 11 is 0. The van der Waals surface area contributed by atoms with E-state index in [4.69, 9.17) is 4.42 Å². The van der Waals surface area contributed by atoms with E-state index < -0.39 is 0 Å². The maximum absolute atomic E-state index is 5.54. The zero-order chi connectivity index (χ0) is 16.7. The third-order valence-corrected chi connectivity index (χ3v) is 3.75. The highest BCUT2D eigenvalue weighted by molar-refractivity contribution is 14.0. The van der Waals surface area contributed by atoms with Crippen molar-refractivity contribution in [1.29, 1.82) is 0 Å². The van der Waals surface area contributed by atoms with E-state index in [1.165, 1.54) is 0 Å². The van der Waals surface area contributed by atoms with Crippen molar-refractivity contribution in [2.24, 2.45) is 4.99 Å². The minimum Gasteiger partial charge on any atom is -0.444 e. The molecule has 0 aliphatic heterocycles. The summed E-state index contributed by atoms with van der Waals surface area (Å²) in [5.74, 6) is 3.36. The highest BCUT2D eigenvalue weighted by Gasteiger charge is 2.06. The molecule has 2 aromatic heterocycles. The summed E-state index contributed by atoms with van der Waals surface area (Å²) in [6.07, 6.45) is 6.02. The van der Waals surface area contributed by atoms with Crippen LogP contribution in [0.1, 0.15) is 36.0 Å². The van der Waals surface area contributed by atoms with Crippen LogP contribution in [0.15, 0.2) is 21.8 Å². The van der Waals surface area contributed by atoms with Crippen molar-refractivity contribution < 1.29 is 4.42 Å². The lowest BCUT2D eigenvalue weighted by molar-refractivity contribution is 0.463. The number of imidazole rings is 1. The van der Waals surface area contributed by atoms with Crippen LogP contribution in [0.4, 0.5) is 0 Å². The summed E-state index contributed by atoms with van der Waals surface area (Å²) < 4.78 is 7.71. The largest absolute Gasteiger partial charge is 0.444 e. The number of guanidine groups is 1. The second kappa shape index (κ2) is 10.3. The fraction of sp³-hybridized carbons (Fsp3) is 0.562. The number of aliphatic imine (C=N–C) groups is 1. The van der Waals surface area contributed by atoms with Crippen molar-refractivity contribution in [3.63, 3.8) is 0 Å². The van der Waals surface area contributed by atoms with E-state index in [1.54, 1.807) is 7.05 Å². The number of hydrogen-bond acceptors (Lipinski definition) is 4. The van der Waals surface area contributed by atoms with E-state index in [1.807, 2.05) is 33.2 Å². The van der Waals surface area contributed by atoms with Gasteiger partial charge in [-0.05, 0) is 33.6 Å². The lowest BCUT2D eigenvalue weighted by Crippen LogP contribution is -2.37. The molecule has 0 radical (unpaired) electrons. The molecule has 0 bridgehead atoms. The van der Waals surface area contributed by atoms with Gasteiger partial charge in [-0.3, -0.25) is 4.99 Å². The minimum absolute atomic E-state index is 0. The Balaban J connectivity index is 0.00000288. The van der Waals surface area contributed by atoms with Crippen LogP contribution >= 0.6 is 24.0 Å². The molecule has 2 rings (SSSR count). The second-order valence-corrected chi connectivity index (χ2v) is 5.48. The third kappa shape index (κ3) is 6.14. The van der Waals surface area contributed by atoms with Gasteiger partial charge in [-0.2, -0.15) is 0 Å². The van der Waals surface area contributed by atoms with E-state index in [-0.39, 0.29) is 24.0 Å². The number of aryl methyl sites for hydroxylation is 4. The summed E-state index contributed by atoms with van der Waals surface area (Å²) in [7, 11) is 1.76. The fourth-order valence-corrected chi connectivity index (χ4v) is 2.25. The van der Waals surface area contributed by atoms with Crippen LogP contribution < -0.4 is 10.6 Å². The predicted molar refractivity (Wildman–Crippen MR) is 106 cm³/mol. The topological polar surface area (TPSA) is 80.3 Å². The molecule has 0 aliphatic rings. The van der Waals surface area contributed by atoms with Crippen LogP contribution in [-0.2, 0) is 13.1 Å². The minimum atomic E-state index is 0. The van der Waals surface area contributed by atoms with Gasteiger partial charge < -0.3 is 19.6 Å². The molecule has 0 saturated carbocycles. The SMILES string of the molecule is CN=C(NCCCCn1ccnc1C)NCc1nc(C)c(C)o1.I. The highest BCUT2D eigenvalue weighted by Crippen LogP contribution is 2.07. The first-order valence-electron chi connectivity index (χ1n) is 7.95. The second-order valence-electron chi connectivity index (χ2n) is 5.48. The standard InChI is InChI=1S/C16H26N6O.HI/c1-12-13(2)23-15(21-12)11-20-16(17-4)19-7-5-6-9-22-10-8-18-14(22)3;/h8,10H,5-7,9,11H2,1-4H3,(H2,17,19,20);1H. The molecule has 2 aromatic rings. The summed E-state index contributed by atoms with van der Waals surface area (Å²) in [5, 5.41) is 6.51. The molecular formula is C16H27IN6O. The summed E-state index contributed by atoms with van der Waals surface area (Å²) in [5.41, 5.74) is 0.930. The Labute approximate surface area is 160 Å². The molecule has 0 spiro atoms. The number of halogens is 1. The summed E-state index contributed by atoms with van der Waals surface area (Å²) in [6, 6.07) is 0. The molecule has 134 valence electrons. The predicted octanol–water partition coefficient (Wildman–Crippen LogP) is 2.56. The number of aromatic nitrogens is 3. The molecule has 24 heavy (non-hydrogen) atoms. The quantitative estimate of drug-likeness (QED) is 0.296. The van der Waals surface area contributed by atoms with Crippen molar-refractivity contribution in [3.8, 4) is 0 Å². The van der Waals surface area contributed by atoms with E-state index in [9.17, 15) is 0 Å². The van der Waals surface area contributed by atoms with Crippen molar-refractivity contribution in [1.82, 2.24) is 25.2 Å². The molecule has 0 aromatic carbocycles. The number of unbranched alkanes of at least 4 members (excludes halogenated alkanes) is 1. The van der Waals surface area contributed by atoms with Gasteiger partial charge in [0.15, 0.2) is 5.96 Å². The molecule has 7 nitrogen and oxygen atoms in total. The maximum atomic E-state index is 5.54. The van der Waals surface area contributed by atoms with E-state index in [0.29, 0.717) is 12.4 Å². The van der Waals surface area contributed by atoms with Gasteiger partial charge in [0.25, 0.3) is 0 Å². The van der Waals surface area contributed by atoms with Gasteiger partial charge in [0, 0.05) is 32.5 Å². The van der Waals surface area contributed by atoms with E-state index in [0.717, 1.165) is 49.2 Å². The Kier molecular flexibility index (Phi) is 8.80. The van der Waals surface area contributed by atoms with Gasteiger partial charge in [0.05, 0.1) is 12.2 Å². The lowest BCUT2D eigenvalue weighted by Gasteiger charge is -2.11. The third-order valence-electron chi connectivity index (χ3n) is 3.75. The van der Waals surface area contributed by atoms with Gasteiger partial charge in [-0.15, -0.1) is 24.0 Å². The first-order chi connectivity index (χ1) is 11.1. The molecule has 2 N–H and O–H groups in total. The summed E-state index contributed by atoms with van der Waals surface area (Å²) in [6.45, 7) is 8.28. The average Bonchev–Trinajstić information content (AvgIpc) is 3.08. The Morgan fingerprint density at radius 3 is 2.62 bits per heavy atom. The average molecular weight is 446 g/mol. The summed E-state index contributed by atoms with van der Waals surface area (Å²) in [4.78, 5) is 12.8. The Morgan fingerprint density at radius 2 is 2.04 bits per heavy atom. The van der Waals surface area contributed by atoms with Crippen molar-refractivity contribution in [2.45, 2.75) is 46.7 Å². The van der Waals surface area contributed by atoms with E-state index >= 15 is 0 Å². The first-order valence-corrected chi connectivity index (χ1v) is 7.95. The number of nitrogens with one attached hydrogen (secondary N) is 2. The maximum Gasteiger partial charge on any atom is 0.214 e. The Morgan fingerprint density at radius 1 is 1.25 bits per heavy atom. The Bertz CT molecular complexity index is 629. The van der Waals surface area contributed by atoms with Gasteiger partial charge in [-0.25, -0.2) is 9.97 Å². The van der Waals surface area contributed by atoms with Gasteiger partial charge in [-0.1, -0.05) is 0 Å². The lowest BCUT2D eigenvalue weighted by atomic mass is 10.3. The van der Waals surface area contributed by atoms with Crippen molar-refractivity contribution in [2.75, 3.05) is 13.6 Å². The van der Waals surface area contributed by atoms with Gasteiger partial charge >= 0.3 is 0 Å². The van der Waals surface area contributed by atoms with E-state index in [2.05, 4.69) is 30.2 Å². The van der Waals surface area contributed by atoms with Crippen LogP contribution in [0, 0.1) is 20.8 Å². The number of hydrogen-bond donors (Lipinski definition) is 2. The molecule has 0 aliphatic carbocycles. The number of nitrogens with zero attached hydrogens (tertiary/aromatic N) is 4. The molecule has 8 heteroatoms. The van der Waals surface area contributed by atoms with Crippen LogP contribution in [0.5, 0.6) is 0 Å². The molecular weight excluding hydrogens is 419 g/mol. The van der Waals surface area contributed by atoms with Crippen LogP contribution in [0.25, 0.3) is 0 Å². The normalized spacial score (nSPS) is 11.2. The molecule has 0 saturated heterocycles. The highest BCUT2D eigenvalue weighted by atomic mass is 127. The van der Waals surface area contributed by atoms with Crippen LogP contribution in [0.2, 0.25) is 0 Å². The molecule has 0 fully saturated rings. The monoisotopic (exact) mass is 446 g/mol. The molecule has 0 unspecified atom stereocenters. The smallest absolute Gasteiger partial charge is 0.214 e. The zero-order valence-corrected chi connectivity index (χ0v) is 17.1. The van der Waals surface area contributed by atoms with Crippen molar-refractivity contribution in [3.05, 3.63) is 35.6 Å². The first kappa shape index (κ1) is 20.5. The van der Waals surface area contributed by atoms with Crippen molar-refractivity contribution >= 4 is 29.9 Å². The van der Waals surface area contributed by atoms with Crippen LogP contribution in [0.3, 0.4) is 0 Å². The zero-order valence-electron chi connectivity index (χ0n) is 14.8. The van der Waals surface area contributed by atoms with Gasteiger partial charge in [0.1, 0.15) is 11.6 Å². The molecule has 0 atom stereocenters. The Hall–Kier alpha value is -1.58. The molecule has 0 amide bonds.